The third kappa shape index (κ3) is 2.31. The van der Waals surface area contributed by atoms with Crippen LogP contribution in [-0.4, -0.2) is 12.6 Å². The van der Waals surface area contributed by atoms with E-state index in [2.05, 4.69) is 46.0 Å². The molecule has 0 amide bonds. The fraction of sp³-hybridized carbons (Fsp3) is 0.500. The van der Waals surface area contributed by atoms with Gasteiger partial charge < -0.3 is 4.90 Å². The number of benzene rings is 1. The number of rotatable bonds is 2. The van der Waals surface area contributed by atoms with Crippen LogP contribution in [0, 0.1) is 0 Å². The van der Waals surface area contributed by atoms with Gasteiger partial charge in [0.2, 0.25) is 0 Å². The summed E-state index contributed by atoms with van der Waals surface area (Å²) in [7, 11) is 0. The maximum absolute atomic E-state index is 6.29. The minimum Gasteiger partial charge on any atom is -0.368 e. The zero-order valence-corrected chi connectivity index (χ0v) is 11.2. The molecule has 15 heavy (non-hydrogen) atoms. The molecule has 1 heterocycles. The SMILES string of the molecule is CC1CCCN1c1ccc(CBr)cc1Cl. The molecule has 1 aliphatic rings. The summed E-state index contributed by atoms with van der Waals surface area (Å²) < 4.78 is 0. The number of hydrogen-bond acceptors (Lipinski definition) is 1. The van der Waals surface area contributed by atoms with Crippen LogP contribution >= 0.6 is 27.5 Å². The zero-order chi connectivity index (χ0) is 10.8. The molecule has 0 aromatic heterocycles. The second kappa shape index (κ2) is 4.75. The smallest absolute Gasteiger partial charge is 0.0642 e. The van der Waals surface area contributed by atoms with Gasteiger partial charge in [0, 0.05) is 17.9 Å². The van der Waals surface area contributed by atoms with Gasteiger partial charge in [-0.25, -0.2) is 0 Å². The number of hydrogen-bond donors (Lipinski definition) is 0. The van der Waals surface area contributed by atoms with Crippen molar-refractivity contribution in [2.24, 2.45) is 0 Å². The van der Waals surface area contributed by atoms with E-state index in [-0.39, 0.29) is 0 Å². The summed E-state index contributed by atoms with van der Waals surface area (Å²) >= 11 is 9.73. The van der Waals surface area contributed by atoms with Gasteiger partial charge in [-0.15, -0.1) is 0 Å². The molecular weight excluding hydrogens is 273 g/mol. The van der Waals surface area contributed by atoms with Crippen LogP contribution in [-0.2, 0) is 5.33 Å². The molecule has 1 saturated heterocycles. The lowest BCUT2D eigenvalue weighted by Crippen LogP contribution is -2.26. The lowest BCUT2D eigenvalue weighted by molar-refractivity contribution is 0.735. The first-order valence-corrected chi connectivity index (χ1v) is 6.83. The van der Waals surface area contributed by atoms with Crippen LogP contribution in [0.2, 0.25) is 5.02 Å². The highest BCUT2D eigenvalue weighted by Gasteiger charge is 2.22. The highest BCUT2D eigenvalue weighted by atomic mass is 79.9. The monoisotopic (exact) mass is 287 g/mol. The second-order valence-electron chi connectivity index (χ2n) is 4.10. The fourth-order valence-corrected chi connectivity index (χ4v) is 2.82. The quantitative estimate of drug-likeness (QED) is 0.736. The summed E-state index contributed by atoms with van der Waals surface area (Å²) in [6, 6.07) is 6.95. The van der Waals surface area contributed by atoms with Gasteiger partial charge in [-0.2, -0.15) is 0 Å². The van der Waals surface area contributed by atoms with Crippen LogP contribution in [0.15, 0.2) is 18.2 Å². The van der Waals surface area contributed by atoms with Crippen LogP contribution in [0.1, 0.15) is 25.3 Å². The number of anilines is 1. The van der Waals surface area contributed by atoms with Crippen molar-refractivity contribution in [2.75, 3.05) is 11.4 Å². The number of nitrogens with zero attached hydrogens (tertiary/aromatic N) is 1. The highest BCUT2D eigenvalue weighted by Crippen LogP contribution is 2.32. The summed E-state index contributed by atoms with van der Waals surface area (Å²) in [5.74, 6) is 0. The van der Waals surface area contributed by atoms with Gasteiger partial charge in [0.25, 0.3) is 0 Å². The van der Waals surface area contributed by atoms with Crippen molar-refractivity contribution in [1.82, 2.24) is 0 Å². The topological polar surface area (TPSA) is 3.24 Å². The Morgan fingerprint density at radius 2 is 2.33 bits per heavy atom. The summed E-state index contributed by atoms with van der Waals surface area (Å²) in [5.41, 5.74) is 2.42. The molecule has 82 valence electrons. The van der Waals surface area contributed by atoms with E-state index in [0.717, 1.165) is 16.9 Å². The van der Waals surface area contributed by atoms with Crippen LogP contribution < -0.4 is 4.90 Å². The van der Waals surface area contributed by atoms with E-state index in [0.29, 0.717) is 6.04 Å². The Balaban J connectivity index is 2.28. The molecule has 1 aliphatic heterocycles. The molecule has 0 aliphatic carbocycles. The maximum atomic E-state index is 6.29. The molecule has 1 aromatic rings. The third-order valence-corrected chi connectivity index (χ3v) is 3.98. The van der Waals surface area contributed by atoms with Crippen LogP contribution in [0.4, 0.5) is 5.69 Å². The van der Waals surface area contributed by atoms with Crippen molar-refractivity contribution >= 4 is 33.2 Å². The Morgan fingerprint density at radius 3 is 2.87 bits per heavy atom. The van der Waals surface area contributed by atoms with Crippen molar-refractivity contribution < 1.29 is 0 Å². The summed E-state index contributed by atoms with van der Waals surface area (Å²) in [5, 5.41) is 1.74. The average Bonchev–Trinajstić information content (AvgIpc) is 2.64. The van der Waals surface area contributed by atoms with Crippen molar-refractivity contribution in [3.05, 3.63) is 28.8 Å². The number of halogens is 2. The van der Waals surface area contributed by atoms with Crippen LogP contribution in [0.5, 0.6) is 0 Å². The molecular formula is C12H15BrClN. The van der Waals surface area contributed by atoms with Crippen molar-refractivity contribution in [1.29, 1.82) is 0 Å². The van der Waals surface area contributed by atoms with Crippen molar-refractivity contribution in [2.45, 2.75) is 31.1 Å². The van der Waals surface area contributed by atoms with Crippen molar-refractivity contribution in [3.63, 3.8) is 0 Å². The van der Waals surface area contributed by atoms with Crippen LogP contribution in [0.3, 0.4) is 0 Å². The van der Waals surface area contributed by atoms with E-state index in [1.807, 2.05) is 0 Å². The van der Waals surface area contributed by atoms with Crippen molar-refractivity contribution in [3.8, 4) is 0 Å². The minimum absolute atomic E-state index is 0.623. The normalized spacial score (nSPS) is 21.0. The molecule has 1 unspecified atom stereocenters. The third-order valence-electron chi connectivity index (χ3n) is 3.03. The van der Waals surface area contributed by atoms with Gasteiger partial charge in [-0.3, -0.25) is 0 Å². The molecule has 0 spiro atoms. The van der Waals surface area contributed by atoms with Gasteiger partial charge in [0.1, 0.15) is 0 Å². The first kappa shape index (κ1) is 11.3. The van der Waals surface area contributed by atoms with E-state index >= 15 is 0 Å². The first-order chi connectivity index (χ1) is 7.22. The molecule has 3 heteroatoms. The van der Waals surface area contributed by atoms with E-state index in [1.54, 1.807) is 0 Å². The molecule has 1 nitrogen and oxygen atoms in total. The Hall–Kier alpha value is -0.210. The first-order valence-electron chi connectivity index (χ1n) is 5.33. The van der Waals surface area contributed by atoms with Gasteiger partial charge in [0.05, 0.1) is 10.7 Å². The zero-order valence-electron chi connectivity index (χ0n) is 8.84. The molecule has 0 N–H and O–H groups in total. The lowest BCUT2D eigenvalue weighted by atomic mass is 10.2. The van der Waals surface area contributed by atoms with E-state index in [9.17, 15) is 0 Å². The fourth-order valence-electron chi connectivity index (χ4n) is 2.16. The predicted octanol–water partition coefficient (Wildman–Crippen LogP) is 4.22. The molecule has 0 bridgehead atoms. The summed E-state index contributed by atoms with van der Waals surface area (Å²) in [6.45, 7) is 3.40. The predicted molar refractivity (Wildman–Crippen MR) is 70.1 cm³/mol. The Kier molecular flexibility index (Phi) is 3.57. The highest BCUT2D eigenvalue weighted by molar-refractivity contribution is 9.08. The van der Waals surface area contributed by atoms with E-state index in [1.165, 1.54) is 24.1 Å². The second-order valence-corrected chi connectivity index (χ2v) is 5.07. The van der Waals surface area contributed by atoms with E-state index in [4.69, 9.17) is 11.6 Å². The van der Waals surface area contributed by atoms with E-state index < -0.39 is 0 Å². The Labute approximate surface area is 105 Å². The Bertz CT molecular complexity index is 353. The summed E-state index contributed by atoms with van der Waals surface area (Å²) in [4.78, 5) is 2.40. The average molecular weight is 289 g/mol. The summed E-state index contributed by atoms with van der Waals surface area (Å²) in [6.07, 6.45) is 2.55. The minimum atomic E-state index is 0.623. The standard InChI is InChI=1S/C12H15BrClN/c1-9-3-2-6-15(9)12-5-4-10(8-13)7-11(12)14/h4-5,7,9H,2-3,6,8H2,1H3. The Morgan fingerprint density at radius 1 is 1.53 bits per heavy atom. The molecule has 0 saturated carbocycles. The van der Waals surface area contributed by atoms with Gasteiger partial charge in [0.15, 0.2) is 0 Å². The van der Waals surface area contributed by atoms with Gasteiger partial charge >= 0.3 is 0 Å². The van der Waals surface area contributed by atoms with Gasteiger partial charge in [-0.1, -0.05) is 33.6 Å². The van der Waals surface area contributed by atoms with Gasteiger partial charge in [-0.05, 0) is 37.5 Å². The molecule has 0 radical (unpaired) electrons. The number of alkyl halides is 1. The lowest BCUT2D eigenvalue weighted by Gasteiger charge is -2.25. The molecule has 1 aromatic carbocycles. The molecule has 2 rings (SSSR count). The van der Waals surface area contributed by atoms with Crippen LogP contribution in [0.25, 0.3) is 0 Å². The molecule has 1 fully saturated rings. The molecule has 1 atom stereocenters. The largest absolute Gasteiger partial charge is 0.368 e. The maximum Gasteiger partial charge on any atom is 0.0642 e.